The van der Waals surface area contributed by atoms with Crippen LogP contribution >= 0.6 is 15.8 Å². The van der Waals surface area contributed by atoms with Crippen LogP contribution in [0.3, 0.4) is 0 Å². The zero-order valence-electron chi connectivity index (χ0n) is 29.0. The Morgan fingerprint density at radius 3 is 0.792 bits per heavy atom. The Morgan fingerprint density at radius 2 is 0.528 bits per heavy atom. The number of benzene rings is 8. The zero-order valence-corrected chi connectivity index (χ0v) is 31.8. The summed E-state index contributed by atoms with van der Waals surface area (Å²) in [6.45, 7) is 0. The molecule has 0 bridgehead atoms. The van der Waals surface area contributed by atoms with Crippen molar-refractivity contribution < 1.29 is 16.8 Å². The summed E-state index contributed by atoms with van der Waals surface area (Å²) in [6.07, 6.45) is 0. The Bertz CT molecular complexity index is 2390. The van der Waals surface area contributed by atoms with E-state index < -0.39 is 15.8 Å². The summed E-state index contributed by atoms with van der Waals surface area (Å²) < 4.78 is 0. The molecule has 3 heteroatoms. The minimum Gasteiger partial charge on any atom is -0.213 e. The molecular weight excluding hydrogens is 721 g/mol. The number of hydrogen-bond acceptors (Lipinski definition) is 0. The molecule has 0 heterocycles. The average molecular weight is 758 g/mol. The van der Waals surface area contributed by atoms with Gasteiger partial charge in [-0.1, -0.05) is 170 Å². The molecule has 0 N–H and O–H groups in total. The first kappa shape index (κ1) is 34.9. The maximum absolute atomic E-state index is 2.31. The molecule has 0 unspecified atom stereocenters. The summed E-state index contributed by atoms with van der Waals surface area (Å²) in [6, 6.07) is 79.5. The predicted molar refractivity (Wildman–Crippen MR) is 232 cm³/mol. The molecule has 53 heavy (non-hydrogen) atoms. The van der Waals surface area contributed by atoms with Crippen molar-refractivity contribution in [2.24, 2.45) is 0 Å². The fourth-order valence-corrected chi connectivity index (χ4v) is 12.7. The summed E-state index contributed by atoms with van der Waals surface area (Å²) >= 11 is 0. The first-order chi connectivity index (χ1) is 25.8. The van der Waals surface area contributed by atoms with Crippen molar-refractivity contribution in [2.75, 3.05) is 0 Å². The molecule has 0 aliphatic rings. The van der Waals surface area contributed by atoms with Crippen LogP contribution in [0.4, 0.5) is 0 Å². The van der Waals surface area contributed by atoms with Gasteiger partial charge in [-0.15, -0.1) is 10.6 Å². The molecule has 0 saturated heterocycles. The van der Waals surface area contributed by atoms with Crippen LogP contribution in [0.5, 0.6) is 0 Å². The van der Waals surface area contributed by atoms with E-state index in [4.69, 9.17) is 0 Å². The largest absolute Gasteiger partial charge is 2.00 e. The average Bonchev–Trinajstić information content (AvgIpc) is 3.95. The van der Waals surface area contributed by atoms with E-state index in [0.29, 0.717) is 0 Å². The Balaban J connectivity index is 0.000000148. The molecule has 10 rings (SSSR count). The van der Waals surface area contributed by atoms with Gasteiger partial charge in [0.05, 0.1) is 0 Å². The van der Waals surface area contributed by atoms with Gasteiger partial charge in [0.1, 0.15) is 0 Å². The SMILES string of the molecule is [Co+2].c1c[cH-]c(P(c2cccc3ccccc23)c2cccc3ccccc23)c1.c1c[cH-]c(P(c2cccc3ccccc23)c2cccc3ccccc23)c1. The monoisotopic (exact) mass is 757 g/mol. The molecule has 0 aliphatic heterocycles. The smallest absolute Gasteiger partial charge is 0.213 e. The van der Waals surface area contributed by atoms with Crippen molar-refractivity contribution in [2.45, 2.75) is 0 Å². The number of rotatable bonds is 6. The van der Waals surface area contributed by atoms with Crippen molar-refractivity contribution in [1.29, 1.82) is 0 Å². The Morgan fingerprint density at radius 1 is 0.264 bits per heavy atom. The van der Waals surface area contributed by atoms with E-state index in [0.717, 1.165) is 0 Å². The zero-order chi connectivity index (χ0) is 34.7. The summed E-state index contributed by atoms with van der Waals surface area (Å²) in [4.78, 5) is 0. The van der Waals surface area contributed by atoms with E-state index in [2.05, 4.69) is 218 Å². The van der Waals surface area contributed by atoms with Crippen molar-refractivity contribution >= 4 is 90.8 Å². The van der Waals surface area contributed by atoms with Gasteiger partial charge < -0.3 is 0 Å². The molecule has 0 aliphatic carbocycles. The van der Waals surface area contributed by atoms with Gasteiger partial charge in [-0.05, 0) is 80.2 Å². The van der Waals surface area contributed by atoms with Crippen LogP contribution in [0.1, 0.15) is 0 Å². The van der Waals surface area contributed by atoms with E-state index in [1.54, 1.807) is 0 Å². The molecule has 0 saturated carbocycles. The Hall–Kier alpha value is -5.13. The first-order valence-corrected chi connectivity index (χ1v) is 20.5. The molecule has 10 aromatic carbocycles. The van der Waals surface area contributed by atoms with Crippen LogP contribution in [-0.2, 0) is 16.8 Å². The fraction of sp³-hybridized carbons (Fsp3) is 0. The molecule has 0 atom stereocenters. The normalized spacial score (nSPS) is 11.2. The standard InChI is InChI=1S/2C25H18P.Co/c2*1-5-15-22-19(9-1)11-7-17-24(22)26(21-13-3-4-14-21)25-18-8-12-20-10-2-6-16-23(20)25;/h2*1-18H;/q2*-1;+2. The van der Waals surface area contributed by atoms with Crippen molar-refractivity contribution in [3.8, 4) is 0 Å². The predicted octanol–water partition coefficient (Wildman–Crippen LogP) is 10.9. The van der Waals surface area contributed by atoms with Gasteiger partial charge in [-0.25, -0.2) is 24.3 Å². The van der Waals surface area contributed by atoms with E-state index >= 15 is 0 Å². The van der Waals surface area contributed by atoms with Crippen LogP contribution in [-0.4, -0.2) is 0 Å². The molecule has 0 aromatic heterocycles. The maximum atomic E-state index is 2.31. The summed E-state index contributed by atoms with van der Waals surface area (Å²) in [5.41, 5.74) is 0. The third kappa shape index (κ3) is 6.91. The molecular formula is C50H36CoP2. The van der Waals surface area contributed by atoms with Gasteiger partial charge >= 0.3 is 16.8 Å². The van der Waals surface area contributed by atoms with Gasteiger partial charge in [-0.2, -0.15) is 24.3 Å². The third-order valence-electron chi connectivity index (χ3n) is 9.84. The van der Waals surface area contributed by atoms with Crippen LogP contribution in [0.15, 0.2) is 218 Å². The molecule has 0 amide bonds. The number of fused-ring (bicyclic) bond motifs is 4. The van der Waals surface area contributed by atoms with Crippen molar-refractivity contribution in [3.63, 3.8) is 0 Å². The second-order valence-corrected chi connectivity index (χ2v) is 17.3. The van der Waals surface area contributed by atoms with Crippen molar-refractivity contribution in [3.05, 3.63) is 218 Å². The van der Waals surface area contributed by atoms with E-state index in [1.807, 2.05) is 0 Å². The van der Waals surface area contributed by atoms with Gasteiger partial charge in [0.25, 0.3) is 0 Å². The van der Waals surface area contributed by atoms with E-state index in [9.17, 15) is 0 Å². The van der Waals surface area contributed by atoms with Crippen molar-refractivity contribution in [1.82, 2.24) is 0 Å². The molecule has 255 valence electrons. The Kier molecular flexibility index (Phi) is 10.4. The van der Waals surface area contributed by atoms with Crippen LogP contribution in [0.2, 0.25) is 0 Å². The summed E-state index contributed by atoms with van der Waals surface area (Å²) in [5.74, 6) is 0. The van der Waals surface area contributed by atoms with Gasteiger partial charge in [0, 0.05) is 0 Å². The van der Waals surface area contributed by atoms with E-state index in [-0.39, 0.29) is 16.8 Å². The number of hydrogen-bond donors (Lipinski definition) is 0. The Labute approximate surface area is 324 Å². The first-order valence-electron chi connectivity index (χ1n) is 17.8. The second kappa shape index (κ2) is 15.9. The van der Waals surface area contributed by atoms with Crippen LogP contribution in [0, 0.1) is 0 Å². The minimum absolute atomic E-state index is 0. The summed E-state index contributed by atoms with van der Waals surface area (Å²) in [5, 5.41) is 19.2. The molecule has 0 fully saturated rings. The molecule has 0 spiro atoms. The maximum Gasteiger partial charge on any atom is 2.00 e. The van der Waals surface area contributed by atoms with Crippen LogP contribution in [0.25, 0.3) is 43.1 Å². The molecule has 1 radical (unpaired) electrons. The van der Waals surface area contributed by atoms with Crippen LogP contribution < -0.4 is 31.8 Å². The minimum atomic E-state index is -0.609. The van der Waals surface area contributed by atoms with Gasteiger partial charge in [-0.3, -0.25) is 0 Å². The quantitative estimate of drug-likeness (QED) is 0.117. The van der Waals surface area contributed by atoms with E-state index in [1.165, 1.54) is 74.9 Å². The van der Waals surface area contributed by atoms with Gasteiger partial charge in [0.2, 0.25) is 0 Å². The fourth-order valence-electron chi connectivity index (χ4n) is 7.45. The van der Waals surface area contributed by atoms with Gasteiger partial charge in [0.15, 0.2) is 0 Å². The summed E-state index contributed by atoms with van der Waals surface area (Å²) in [7, 11) is -1.22. The third-order valence-corrected chi connectivity index (χ3v) is 15.0. The second-order valence-electron chi connectivity index (χ2n) is 13.0. The topological polar surface area (TPSA) is 0 Å². The molecule has 0 nitrogen and oxygen atoms in total. The molecule has 10 aromatic rings.